The standard InChI is InChI=1S/C14H15NO3/c1-16-10-6-7-11(13(9-10)18-3)14-12(17-2)5-4-8-15-14/h4-9H,1-3H3. The van der Waals surface area contributed by atoms with Crippen LogP contribution in [0.1, 0.15) is 0 Å². The summed E-state index contributed by atoms with van der Waals surface area (Å²) in [5, 5.41) is 0. The molecule has 0 spiro atoms. The van der Waals surface area contributed by atoms with Gasteiger partial charge in [-0.15, -0.1) is 0 Å². The van der Waals surface area contributed by atoms with Crippen LogP contribution in [-0.2, 0) is 0 Å². The summed E-state index contributed by atoms with van der Waals surface area (Å²) < 4.78 is 15.8. The van der Waals surface area contributed by atoms with Gasteiger partial charge in [0, 0.05) is 17.8 Å². The summed E-state index contributed by atoms with van der Waals surface area (Å²) in [6, 6.07) is 9.29. The number of pyridine rings is 1. The van der Waals surface area contributed by atoms with E-state index in [9.17, 15) is 0 Å². The fraction of sp³-hybridized carbons (Fsp3) is 0.214. The molecule has 0 aliphatic carbocycles. The van der Waals surface area contributed by atoms with E-state index in [0.29, 0.717) is 11.5 Å². The van der Waals surface area contributed by atoms with Gasteiger partial charge in [-0.3, -0.25) is 4.98 Å². The summed E-state index contributed by atoms with van der Waals surface area (Å²) in [6.07, 6.45) is 1.72. The molecule has 0 N–H and O–H groups in total. The molecule has 0 radical (unpaired) electrons. The van der Waals surface area contributed by atoms with Gasteiger partial charge >= 0.3 is 0 Å². The van der Waals surface area contributed by atoms with Crippen LogP contribution in [0.25, 0.3) is 11.3 Å². The maximum Gasteiger partial charge on any atom is 0.145 e. The van der Waals surface area contributed by atoms with Crippen molar-refractivity contribution in [1.29, 1.82) is 0 Å². The first-order chi connectivity index (χ1) is 8.80. The van der Waals surface area contributed by atoms with Crippen molar-refractivity contribution in [3.63, 3.8) is 0 Å². The topological polar surface area (TPSA) is 40.6 Å². The Bertz CT molecular complexity index is 540. The van der Waals surface area contributed by atoms with E-state index in [1.165, 1.54) is 0 Å². The van der Waals surface area contributed by atoms with E-state index < -0.39 is 0 Å². The molecule has 0 aliphatic rings. The lowest BCUT2D eigenvalue weighted by Crippen LogP contribution is -1.94. The highest BCUT2D eigenvalue weighted by Crippen LogP contribution is 2.36. The van der Waals surface area contributed by atoms with E-state index >= 15 is 0 Å². The summed E-state index contributed by atoms with van der Waals surface area (Å²) in [5.74, 6) is 2.15. The van der Waals surface area contributed by atoms with Gasteiger partial charge in [0.25, 0.3) is 0 Å². The van der Waals surface area contributed by atoms with Gasteiger partial charge in [-0.1, -0.05) is 0 Å². The second-order valence-electron chi connectivity index (χ2n) is 3.62. The average molecular weight is 245 g/mol. The largest absolute Gasteiger partial charge is 0.497 e. The van der Waals surface area contributed by atoms with Crippen LogP contribution in [-0.4, -0.2) is 26.3 Å². The fourth-order valence-electron chi connectivity index (χ4n) is 1.75. The Morgan fingerprint density at radius 1 is 0.889 bits per heavy atom. The van der Waals surface area contributed by atoms with Crippen LogP contribution in [0.2, 0.25) is 0 Å². The summed E-state index contributed by atoms with van der Waals surface area (Å²) in [4.78, 5) is 4.34. The van der Waals surface area contributed by atoms with E-state index in [2.05, 4.69) is 4.98 Å². The van der Waals surface area contributed by atoms with Gasteiger partial charge in [0.1, 0.15) is 22.9 Å². The first-order valence-corrected chi connectivity index (χ1v) is 5.51. The van der Waals surface area contributed by atoms with Gasteiger partial charge in [-0.25, -0.2) is 0 Å². The fourth-order valence-corrected chi connectivity index (χ4v) is 1.75. The SMILES string of the molecule is COc1ccc(-c2ncccc2OC)c(OC)c1. The molecule has 1 aromatic heterocycles. The molecule has 0 bridgehead atoms. The van der Waals surface area contributed by atoms with E-state index in [0.717, 1.165) is 17.0 Å². The van der Waals surface area contributed by atoms with Crippen LogP contribution in [0.5, 0.6) is 17.2 Å². The molecule has 2 aromatic rings. The Labute approximate surface area is 106 Å². The minimum Gasteiger partial charge on any atom is -0.497 e. The number of benzene rings is 1. The molecule has 0 fully saturated rings. The van der Waals surface area contributed by atoms with Gasteiger partial charge < -0.3 is 14.2 Å². The summed E-state index contributed by atoms with van der Waals surface area (Å²) in [7, 11) is 4.86. The van der Waals surface area contributed by atoms with Crippen molar-refractivity contribution >= 4 is 0 Å². The Morgan fingerprint density at radius 2 is 1.67 bits per heavy atom. The molecule has 2 rings (SSSR count). The minimum absolute atomic E-state index is 0.700. The molecule has 18 heavy (non-hydrogen) atoms. The van der Waals surface area contributed by atoms with Crippen LogP contribution in [0.15, 0.2) is 36.5 Å². The second-order valence-corrected chi connectivity index (χ2v) is 3.62. The Balaban J connectivity index is 2.56. The van der Waals surface area contributed by atoms with Crippen LogP contribution in [0.4, 0.5) is 0 Å². The van der Waals surface area contributed by atoms with Crippen LogP contribution in [0, 0.1) is 0 Å². The number of methoxy groups -OCH3 is 3. The lowest BCUT2D eigenvalue weighted by molar-refractivity contribution is 0.394. The maximum absolute atomic E-state index is 5.37. The average Bonchev–Trinajstić information content (AvgIpc) is 2.46. The zero-order chi connectivity index (χ0) is 13.0. The van der Waals surface area contributed by atoms with E-state index in [1.807, 2.05) is 30.3 Å². The van der Waals surface area contributed by atoms with Crippen molar-refractivity contribution < 1.29 is 14.2 Å². The van der Waals surface area contributed by atoms with Crippen molar-refractivity contribution in [2.24, 2.45) is 0 Å². The highest BCUT2D eigenvalue weighted by Gasteiger charge is 2.12. The maximum atomic E-state index is 5.37. The summed E-state index contributed by atoms with van der Waals surface area (Å²) >= 11 is 0. The van der Waals surface area contributed by atoms with E-state index in [1.54, 1.807) is 27.5 Å². The summed E-state index contributed by atoms with van der Waals surface area (Å²) in [5.41, 5.74) is 1.62. The number of aromatic nitrogens is 1. The second kappa shape index (κ2) is 5.40. The van der Waals surface area contributed by atoms with Crippen LogP contribution < -0.4 is 14.2 Å². The predicted octanol–water partition coefficient (Wildman–Crippen LogP) is 2.77. The normalized spacial score (nSPS) is 9.94. The third kappa shape index (κ3) is 2.22. The molecule has 4 heteroatoms. The number of rotatable bonds is 4. The third-order valence-electron chi connectivity index (χ3n) is 2.65. The van der Waals surface area contributed by atoms with Gasteiger partial charge in [-0.05, 0) is 24.3 Å². The van der Waals surface area contributed by atoms with Crippen molar-refractivity contribution in [2.75, 3.05) is 21.3 Å². The number of hydrogen-bond acceptors (Lipinski definition) is 4. The highest BCUT2D eigenvalue weighted by molar-refractivity contribution is 5.73. The molecule has 0 saturated carbocycles. The minimum atomic E-state index is 0.700. The van der Waals surface area contributed by atoms with Crippen molar-refractivity contribution in [2.45, 2.75) is 0 Å². The number of ether oxygens (including phenoxy) is 3. The Morgan fingerprint density at radius 3 is 2.33 bits per heavy atom. The molecule has 0 aliphatic heterocycles. The van der Waals surface area contributed by atoms with Gasteiger partial charge in [0.15, 0.2) is 0 Å². The van der Waals surface area contributed by atoms with E-state index in [-0.39, 0.29) is 0 Å². The van der Waals surface area contributed by atoms with Gasteiger partial charge in [0.2, 0.25) is 0 Å². The molecule has 94 valence electrons. The van der Waals surface area contributed by atoms with Gasteiger partial charge in [-0.2, -0.15) is 0 Å². The molecule has 0 amide bonds. The molecule has 1 aromatic carbocycles. The quantitative estimate of drug-likeness (QED) is 0.830. The molecular formula is C14H15NO3. The molecule has 0 saturated heterocycles. The smallest absolute Gasteiger partial charge is 0.145 e. The highest BCUT2D eigenvalue weighted by atomic mass is 16.5. The molecular weight excluding hydrogens is 230 g/mol. The van der Waals surface area contributed by atoms with Crippen LogP contribution in [0.3, 0.4) is 0 Å². The molecule has 0 unspecified atom stereocenters. The first-order valence-electron chi connectivity index (χ1n) is 5.51. The van der Waals surface area contributed by atoms with Gasteiger partial charge in [0.05, 0.1) is 21.3 Å². The van der Waals surface area contributed by atoms with Crippen LogP contribution >= 0.6 is 0 Å². The number of nitrogens with zero attached hydrogens (tertiary/aromatic N) is 1. The lowest BCUT2D eigenvalue weighted by atomic mass is 10.1. The Kier molecular flexibility index (Phi) is 3.67. The van der Waals surface area contributed by atoms with E-state index in [4.69, 9.17) is 14.2 Å². The van der Waals surface area contributed by atoms with Crippen molar-refractivity contribution in [3.8, 4) is 28.5 Å². The molecule has 0 atom stereocenters. The molecule has 4 nitrogen and oxygen atoms in total. The summed E-state index contributed by atoms with van der Waals surface area (Å²) in [6.45, 7) is 0. The van der Waals surface area contributed by atoms with Crippen molar-refractivity contribution in [3.05, 3.63) is 36.5 Å². The zero-order valence-electron chi connectivity index (χ0n) is 10.6. The monoisotopic (exact) mass is 245 g/mol. The first kappa shape index (κ1) is 12.2. The van der Waals surface area contributed by atoms with Crippen molar-refractivity contribution in [1.82, 2.24) is 4.98 Å². The zero-order valence-corrected chi connectivity index (χ0v) is 10.6. The molecule has 1 heterocycles. The number of hydrogen-bond donors (Lipinski definition) is 0. The predicted molar refractivity (Wildman–Crippen MR) is 69.3 cm³/mol. The third-order valence-corrected chi connectivity index (χ3v) is 2.65. The Hall–Kier alpha value is -2.23. The lowest BCUT2D eigenvalue weighted by Gasteiger charge is -2.12.